The molecule has 1 fully saturated rings. The number of nitrogens with one attached hydrogen (secondary N) is 1. The number of nitrogens with zero attached hydrogens (tertiary/aromatic N) is 3. The Morgan fingerprint density at radius 3 is 2.68 bits per heavy atom. The first kappa shape index (κ1) is 22.3. The highest BCUT2D eigenvalue weighted by molar-refractivity contribution is 8.00. The molecule has 162 valence electrons. The van der Waals surface area contributed by atoms with Crippen molar-refractivity contribution in [3.63, 3.8) is 0 Å². The molecule has 3 aromatic rings. The van der Waals surface area contributed by atoms with Crippen molar-refractivity contribution in [3.05, 3.63) is 67.6 Å². The second-order valence-electron chi connectivity index (χ2n) is 6.39. The third-order valence-corrected chi connectivity index (χ3v) is 6.72. The van der Waals surface area contributed by atoms with Crippen LogP contribution in [-0.2, 0) is 11.4 Å². The molecule has 0 spiro atoms. The Bertz CT molecular complexity index is 1180. The Kier molecular flexibility index (Phi) is 6.68. The molecule has 1 amide bonds. The predicted octanol–water partition coefficient (Wildman–Crippen LogP) is 5.40. The third-order valence-electron chi connectivity index (χ3n) is 4.49. The van der Waals surface area contributed by atoms with Gasteiger partial charge in [-0.25, -0.2) is 9.69 Å². The van der Waals surface area contributed by atoms with Crippen LogP contribution in [0.3, 0.4) is 0 Å². The molecular formula is C19H15Cl3N4O3S2. The first-order chi connectivity index (χ1) is 14.9. The lowest BCUT2D eigenvalue weighted by molar-refractivity contribution is -0.117. The lowest BCUT2D eigenvalue weighted by Crippen LogP contribution is -2.40. The molecule has 1 N–H and O–H groups in total. The molecule has 2 aromatic carbocycles. The van der Waals surface area contributed by atoms with E-state index < -0.39 is 0 Å². The molecule has 0 aliphatic carbocycles. The van der Waals surface area contributed by atoms with Gasteiger partial charge in [0.2, 0.25) is 4.77 Å². The van der Waals surface area contributed by atoms with Gasteiger partial charge in [0.1, 0.15) is 17.7 Å². The minimum atomic E-state index is -0.352. The standard InChI is InChI=1S/C19H15Cl3N4O3S2/c1-28-14-5-3-2-4-11(14)18-26(16(27)9-31-18)25-15(23-24-19(25)30)8-29-17-12(21)6-10(20)7-13(17)22/h2-7,18H,8-9H2,1H3,(H,24,30). The van der Waals surface area contributed by atoms with Crippen LogP contribution in [0.2, 0.25) is 15.1 Å². The molecule has 1 aliphatic heterocycles. The zero-order valence-electron chi connectivity index (χ0n) is 16.0. The Balaban J connectivity index is 1.68. The maximum Gasteiger partial charge on any atom is 0.252 e. The van der Waals surface area contributed by atoms with Crippen LogP contribution >= 0.6 is 58.8 Å². The van der Waals surface area contributed by atoms with Gasteiger partial charge >= 0.3 is 0 Å². The molecule has 1 atom stereocenters. The number of H-pyrrole nitrogens is 1. The maximum atomic E-state index is 12.8. The molecule has 0 radical (unpaired) electrons. The predicted molar refractivity (Wildman–Crippen MR) is 125 cm³/mol. The molecule has 0 bridgehead atoms. The Morgan fingerprint density at radius 1 is 1.26 bits per heavy atom. The second-order valence-corrected chi connectivity index (χ2v) is 9.09. The van der Waals surface area contributed by atoms with Gasteiger partial charge in [0, 0.05) is 10.6 Å². The summed E-state index contributed by atoms with van der Waals surface area (Å²) in [5.41, 5.74) is 0.847. The number of rotatable bonds is 6. The van der Waals surface area contributed by atoms with Crippen molar-refractivity contribution in [3.8, 4) is 11.5 Å². The fourth-order valence-electron chi connectivity index (χ4n) is 3.17. The van der Waals surface area contributed by atoms with Gasteiger partial charge in [-0.1, -0.05) is 53.0 Å². The van der Waals surface area contributed by atoms with Crippen molar-refractivity contribution in [1.29, 1.82) is 0 Å². The number of para-hydroxylation sites is 1. The van der Waals surface area contributed by atoms with Crippen LogP contribution in [0, 0.1) is 4.77 Å². The minimum absolute atomic E-state index is 0.0404. The van der Waals surface area contributed by atoms with E-state index in [1.165, 1.54) is 28.6 Å². The van der Waals surface area contributed by atoms with E-state index in [1.807, 2.05) is 24.3 Å². The highest BCUT2D eigenvalue weighted by Crippen LogP contribution is 2.42. The van der Waals surface area contributed by atoms with Gasteiger partial charge in [-0.2, -0.15) is 5.10 Å². The number of amides is 1. The molecule has 0 saturated carbocycles. The van der Waals surface area contributed by atoms with E-state index in [0.717, 1.165) is 5.56 Å². The topological polar surface area (TPSA) is 72.4 Å². The van der Waals surface area contributed by atoms with E-state index in [2.05, 4.69) is 10.2 Å². The smallest absolute Gasteiger partial charge is 0.252 e. The summed E-state index contributed by atoms with van der Waals surface area (Å²) in [5.74, 6) is 1.47. The van der Waals surface area contributed by atoms with E-state index in [1.54, 1.807) is 12.1 Å². The number of aromatic amines is 1. The third kappa shape index (κ3) is 4.38. The van der Waals surface area contributed by atoms with Crippen LogP contribution in [0.15, 0.2) is 36.4 Å². The van der Waals surface area contributed by atoms with Gasteiger partial charge in [-0.05, 0) is 30.4 Å². The van der Waals surface area contributed by atoms with Gasteiger partial charge in [-0.3, -0.25) is 9.89 Å². The van der Waals surface area contributed by atoms with E-state index in [4.69, 9.17) is 56.5 Å². The second kappa shape index (κ2) is 9.30. The van der Waals surface area contributed by atoms with Gasteiger partial charge < -0.3 is 9.47 Å². The van der Waals surface area contributed by atoms with Crippen LogP contribution in [0.1, 0.15) is 16.8 Å². The molecular weight excluding hydrogens is 503 g/mol. The largest absolute Gasteiger partial charge is 0.496 e. The monoisotopic (exact) mass is 516 g/mol. The van der Waals surface area contributed by atoms with Crippen molar-refractivity contribution >= 4 is 64.7 Å². The lowest BCUT2D eigenvalue weighted by Gasteiger charge is -2.26. The van der Waals surface area contributed by atoms with Crippen molar-refractivity contribution in [2.75, 3.05) is 17.9 Å². The summed E-state index contributed by atoms with van der Waals surface area (Å²) in [6, 6.07) is 10.6. The van der Waals surface area contributed by atoms with E-state index in [0.29, 0.717) is 16.6 Å². The van der Waals surface area contributed by atoms with Crippen LogP contribution in [0.25, 0.3) is 0 Å². The number of halogens is 3. The van der Waals surface area contributed by atoms with Crippen LogP contribution in [0.5, 0.6) is 11.5 Å². The zero-order chi connectivity index (χ0) is 22.1. The maximum absolute atomic E-state index is 12.8. The first-order valence-electron chi connectivity index (χ1n) is 8.91. The summed E-state index contributed by atoms with van der Waals surface area (Å²) >= 11 is 25.2. The van der Waals surface area contributed by atoms with Gasteiger partial charge in [0.15, 0.2) is 11.6 Å². The average molecular weight is 518 g/mol. The summed E-state index contributed by atoms with van der Waals surface area (Å²) in [4.78, 5) is 12.8. The highest BCUT2D eigenvalue weighted by atomic mass is 35.5. The molecule has 31 heavy (non-hydrogen) atoms. The molecule has 1 saturated heterocycles. The molecule has 7 nitrogen and oxygen atoms in total. The van der Waals surface area contributed by atoms with Crippen LogP contribution in [0.4, 0.5) is 0 Å². The van der Waals surface area contributed by atoms with Gasteiger partial charge in [-0.15, -0.1) is 11.8 Å². The summed E-state index contributed by atoms with van der Waals surface area (Å²) in [7, 11) is 1.59. The molecule has 1 unspecified atom stereocenters. The normalized spacial score (nSPS) is 16.1. The number of ether oxygens (including phenoxy) is 2. The number of aromatic nitrogens is 3. The Labute approximate surface area is 202 Å². The van der Waals surface area contributed by atoms with Crippen LogP contribution in [-0.4, -0.2) is 33.6 Å². The highest BCUT2D eigenvalue weighted by Gasteiger charge is 2.38. The molecule has 2 heterocycles. The van der Waals surface area contributed by atoms with Gasteiger partial charge in [0.05, 0.1) is 22.9 Å². The Morgan fingerprint density at radius 2 is 1.97 bits per heavy atom. The van der Waals surface area contributed by atoms with E-state index in [-0.39, 0.29) is 44.2 Å². The van der Waals surface area contributed by atoms with Crippen molar-refractivity contribution in [1.82, 2.24) is 14.9 Å². The van der Waals surface area contributed by atoms with Crippen molar-refractivity contribution in [2.45, 2.75) is 12.0 Å². The number of methoxy groups -OCH3 is 1. The lowest BCUT2D eigenvalue weighted by atomic mass is 10.2. The Hall–Kier alpha value is -1.91. The van der Waals surface area contributed by atoms with E-state index >= 15 is 0 Å². The summed E-state index contributed by atoms with van der Waals surface area (Å²) < 4.78 is 13.1. The fraction of sp³-hybridized carbons (Fsp3) is 0.211. The van der Waals surface area contributed by atoms with E-state index in [9.17, 15) is 4.79 Å². The zero-order valence-corrected chi connectivity index (χ0v) is 19.9. The fourth-order valence-corrected chi connectivity index (χ4v) is 5.49. The SMILES string of the molecule is COc1ccccc1C1SCC(=O)N1n1c(COc2c(Cl)cc(Cl)cc2Cl)n[nH]c1=S. The van der Waals surface area contributed by atoms with Crippen molar-refractivity contribution < 1.29 is 14.3 Å². The minimum Gasteiger partial charge on any atom is -0.496 e. The quantitative estimate of drug-likeness (QED) is 0.442. The molecule has 1 aliphatic rings. The number of thioether (sulfide) groups is 1. The average Bonchev–Trinajstić information content (AvgIpc) is 3.28. The first-order valence-corrected chi connectivity index (χ1v) is 11.5. The number of carbonyl (C=O) groups is 1. The molecule has 12 heteroatoms. The summed E-state index contributed by atoms with van der Waals surface area (Å²) in [6.07, 6.45) is 0. The number of benzene rings is 2. The molecule has 4 rings (SSSR count). The summed E-state index contributed by atoms with van der Waals surface area (Å²) in [5, 5.41) is 9.07. The number of hydrogen-bond acceptors (Lipinski definition) is 6. The van der Waals surface area contributed by atoms with Gasteiger partial charge in [0.25, 0.3) is 5.91 Å². The summed E-state index contributed by atoms with van der Waals surface area (Å²) in [6.45, 7) is -0.0404. The van der Waals surface area contributed by atoms with Crippen LogP contribution < -0.4 is 14.5 Å². The molecule has 1 aromatic heterocycles. The number of carbonyl (C=O) groups excluding carboxylic acids is 1. The van der Waals surface area contributed by atoms with Crippen molar-refractivity contribution in [2.24, 2.45) is 0 Å². The number of hydrogen-bond donors (Lipinski definition) is 1.